The van der Waals surface area contributed by atoms with Gasteiger partial charge in [-0.15, -0.1) is 0 Å². The van der Waals surface area contributed by atoms with Crippen LogP contribution in [0.5, 0.6) is 5.75 Å². The fourth-order valence-corrected chi connectivity index (χ4v) is 1.96. The molecule has 0 spiro atoms. The summed E-state index contributed by atoms with van der Waals surface area (Å²) in [7, 11) is 0. The molecule has 1 heterocycles. The van der Waals surface area contributed by atoms with E-state index < -0.39 is 11.4 Å². The highest BCUT2D eigenvalue weighted by Crippen LogP contribution is 2.30. The molecule has 0 radical (unpaired) electrons. The van der Waals surface area contributed by atoms with Crippen molar-refractivity contribution >= 4 is 0 Å². The number of halogens is 1. The van der Waals surface area contributed by atoms with Gasteiger partial charge in [0.25, 0.3) is 0 Å². The van der Waals surface area contributed by atoms with E-state index in [1.807, 2.05) is 26.0 Å². The third kappa shape index (κ3) is 3.14. The Morgan fingerprint density at radius 3 is 2.60 bits per heavy atom. The predicted octanol–water partition coefficient (Wildman–Crippen LogP) is 3.26. The van der Waals surface area contributed by atoms with Crippen LogP contribution in [0.1, 0.15) is 32.0 Å². The van der Waals surface area contributed by atoms with Crippen molar-refractivity contribution in [1.82, 2.24) is 4.98 Å². The van der Waals surface area contributed by atoms with Crippen LogP contribution in [0.4, 0.5) is 4.39 Å². The minimum absolute atomic E-state index is 0.0548. The highest BCUT2D eigenvalue weighted by atomic mass is 19.1. The molecule has 0 saturated heterocycles. The van der Waals surface area contributed by atoms with Crippen LogP contribution in [0.15, 0.2) is 42.6 Å². The van der Waals surface area contributed by atoms with Crippen molar-refractivity contribution in [1.29, 1.82) is 0 Å². The van der Waals surface area contributed by atoms with E-state index >= 15 is 0 Å². The second-order valence-corrected chi connectivity index (χ2v) is 5.13. The lowest BCUT2D eigenvalue weighted by molar-refractivity contribution is 0.0966. The Kier molecular flexibility index (Phi) is 4.04. The van der Waals surface area contributed by atoms with Crippen molar-refractivity contribution in [3.63, 3.8) is 0 Å². The average Bonchev–Trinajstić information content (AvgIpc) is 2.39. The molecule has 20 heavy (non-hydrogen) atoms. The lowest BCUT2D eigenvalue weighted by atomic mass is 9.92. The Bertz CT molecular complexity index is 579. The molecular formula is C16H18FNO2. The Balaban J connectivity index is 2.35. The zero-order chi connectivity index (χ0) is 14.8. The van der Waals surface area contributed by atoms with Crippen molar-refractivity contribution in [2.24, 2.45) is 0 Å². The minimum atomic E-state index is -1.30. The first-order valence-electron chi connectivity index (χ1n) is 6.51. The molecule has 0 fully saturated rings. The Morgan fingerprint density at radius 2 is 2.00 bits per heavy atom. The molecule has 3 nitrogen and oxygen atoms in total. The van der Waals surface area contributed by atoms with Gasteiger partial charge < -0.3 is 9.84 Å². The number of hydrogen-bond donors (Lipinski definition) is 1. The maximum Gasteiger partial charge on any atom is 0.141 e. The summed E-state index contributed by atoms with van der Waals surface area (Å²) in [6.45, 7) is 5.50. The van der Waals surface area contributed by atoms with Crippen LogP contribution in [0.3, 0.4) is 0 Å². The van der Waals surface area contributed by atoms with E-state index in [0.29, 0.717) is 17.0 Å². The Hall–Kier alpha value is -1.94. The van der Waals surface area contributed by atoms with E-state index in [4.69, 9.17) is 4.74 Å². The largest absolute Gasteiger partial charge is 0.491 e. The van der Waals surface area contributed by atoms with Crippen molar-refractivity contribution < 1.29 is 14.2 Å². The Labute approximate surface area is 118 Å². The molecule has 1 aromatic carbocycles. The number of ether oxygens (including phenoxy) is 1. The SMILES string of the molecule is CC(C)Oc1cccc(C(C)(O)c2ccc(F)cn2)c1. The summed E-state index contributed by atoms with van der Waals surface area (Å²) in [6.07, 6.45) is 1.15. The van der Waals surface area contributed by atoms with Crippen LogP contribution < -0.4 is 4.74 Å². The molecule has 2 aromatic rings. The first kappa shape index (κ1) is 14.5. The lowest BCUT2D eigenvalue weighted by Crippen LogP contribution is -2.24. The number of aliphatic hydroxyl groups is 1. The van der Waals surface area contributed by atoms with Gasteiger partial charge in [-0.2, -0.15) is 0 Å². The second-order valence-electron chi connectivity index (χ2n) is 5.13. The first-order valence-corrected chi connectivity index (χ1v) is 6.51. The quantitative estimate of drug-likeness (QED) is 0.931. The van der Waals surface area contributed by atoms with Crippen molar-refractivity contribution in [2.75, 3.05) is 0 Å². The van der Waals surface area contributed by atoms with Crippen LogP contribution >= 0.6 is 0 Å². The average molecular weight is 275 g/mol. The fraction of sp³-hybridized carbons (Fsp3) is 0.312. The molecule has 0 aliphatic heterocycles. The summed E-state index contributed by atoms with van der Waals surface area (Å²) in [5.74, 6) is 0.251. The van der Waals surface area contributed by atoms with Gasteiger partial charge in [-0.05, 0) is 50.6 Å². The third-order valence-corrected chi connectivity index (χ3v) is 2.99. The standard InChI is InChI=1S/C16H18FNO2/c1-11(2)20-14-6-4-5-12(9-14)16(3,19)15-8-7-13(17)10-18-15/h4-11,19H,1-3H3. The molecule has 0 aliphatic rings. The maximum atomic E-state index is 12.9. The molecule has 1 unspecified atom stereocenters. The minimum Gasteiger partial charge on any atom is -0.491 e. The van der Waals surface area contributed by atoms with E-state index in [1.165, 1.54) is 12.1 Å². The number of rotatable bonds is 4. The highest BCUT2D eigenvalue weighted by Gasteiger charge is 2.27. The van der Waals surface area contributed by atoms with Gasteiger partial charge in [-0.1, -0.05) is 12.1 Å². The predicted molar refractivity (Wildman–Crippen MR) is 75.1 cm³/mol. The molecule has 106 valence electrons. The molecule has 1 aromatic heterocycles. The van der Waals surface area contributed by atoms with Gasteiger partial charge in [0.05, 0.1) is 18.0 Å². The summed E-state index contributed by atoms with van der Waals surface area (Å²) in [5.41, 5.74) is -0.264. The number of pyridine rings is 1. The highest BCUT2D eigenvalue weighted by molar-refractivity contribution is 5.37. The van der Waals surface area contributed by atoms with Gasteiger partial charge in [0, 0.05) is 0 Å². The van der Waals surface area contributed by atoms with Gasteiger partial charge >= 0.3 is 0 Å². The molecular weight excluding hydrogens is 257 g/mol. The van der Waals surface area contributed by atoms with Crippen LogP contribution in [0, 0.1) is 5.82 Å². The van der Waals surface area contributed by atoms with Crippen LogP contribution in [-0.4, -0.2) is 16.2 Å². The van der Waals surface area contributed by atoms with Crippen molar-refractivity contribution in [3.8, 4) is 5.75 Å². The topological polar surface area (TPSA) is 42.4 Å². The van der Waals surface area contributed by atoms with E-state index in [0.717, 1.165) is 6.20 Å². The van der Waals surface area contributed by atoms with Crippen molar-refractivity contribution in [2.45, 2.75) is 32.5 Å². The zero-order valence-corrected chi connectivity index (χ0v) is 11.8. The Morgan fingerprint density at radius 1 is 1.25 bits per heavy atom. The van der Waals surface area contributed by atoms with E-state index in [2.05, 4.69) is 4.98 Å². The van der Waals surface area contributed by atoms with Gasteiger partial charge in [0.15, 0.2) is 0 Å². The summed E-state index contributed by atoms with van der Waals surface area (Å²) in [6, 6.07) is 9.96. The molecule has 0 amide bonds. The lowest BCUT2D eigenvalue weighted by Gasteiger charge is -2.24. The van der Waals surface area contributed by atoms with Gasteiger partial charge in [0.2, 0.25) is 0 Å². The monoisotopic (exact) mass is 275 g/mol. The fourth-order valence-electron chi connectivity index (χ4n) is 1.96. The molecule has 4 heteroatoms. The van der Waals surface area contributed by atoms with Crippen LogP contribution in [-0.2, 0) is 5.60 Å². The molecule has 1 atom stereocenters. The van der Waals surface area contributed by atoms with Crippen LogP contribution in [0.2, 0.25) is 0 Å². The normalized spacial score (nSPS) is 14.1. The van der Waals surface area contributed by atoms with Gasteiger partial charge in [-0.3, -0.25) is 4.98 Å². The summed E-state index contributed by atoms with van der Waals surface area (Å²) in [5, 5.41) is 10.7. The van der Waals surface area contributed by atoms with Crippen molar-refractivity contribution in [3.05, 3.63) is 59.7 Å². The molecule has 1 N–H and O–H groups in total. The number of nitrogens with zero attached hydrogens (tertiary/aromatic N) is 1. The zero-order valence-electron chi connectivity index (χ0n) is 11.8. The second kappa shape index (κ2) is 5.59. The van der Waals surface area contributed by atoms with Gasteiger partial charge in [0.1, 0.15) is 17.2 Å². The summed E-state index contributed by atoms with van der Waals surface area (Å²) in [4.78, 5) is 3.95. The smallest absolute Gasteiger partial charge is 0.141 e. The molecule has 0 aliphatic carbocycles. The molecule has 2 rings (SSSR count). The van der Waals surface area contributed by atoms with Gasteiger partial charge in [-0.25, -0.2) is 4.39 Å². The number of aromatic nitrogens is 1. The number of benzene rings is 1. The summed E-state index contributed by atoms with van der Waals surface area (Å²) < 4.78 is 18.5. The molecule has 0 saturated carbocycles. The maximum absolute atomic E-state index is 12.9. The van der Waals surface area contributed by atoms with E-state index in [-0.39, 0.29) is 6.10 Å². The van der Waals surface area contributed by atoms with Crippen LogP contribution in [0.25, 0.3) is 0 Å². The number of hydrogen-bond acceptors (Lipinski definition) is 3. The van der Waals surface area contributed by atoms with E-state index in [1.54, 1.807) is 19.1 Å². The first-order chi connectivity index (χ1) is 9.39. The summed E-state index contributed by atoms with van der Waals surface area (Å²) >= 11 is 0. The van der Waals surface area contributed by atoms with E-state index in [9.17, 15) is 9.50 Å². The molecule has 0 bridgehead atoms. The third-order valence-electron chi connectivity index (χ3n) is 2.99.